The average molecular weight is 165 g/mol. The Bertz CT molecular complexity index is 83.5. The SMILES string of the molecule is CCCCNC[Si](O)(O)O. The molecule has 0 atom stereocenters. The molecule has 62 valence electrons. The van der Waals surface area contributed by atoms with E-state index in [1.165, 1.54) is 0 Å². The summed E-state index contributed by atoms with van der Waals surface area (Å²) in [6.07, 6.45) is 1.99. The van der Waals surface area contributed by atoms with Crippen LogP contribution < -0.4 is 5.32 Å². The molecule has 0 aromatic heterocycles. The van der Waals surface area contributed by atoms with Crippen molar-refractivity contribution < 1.29 is 14.4 Å². The van der Waals surface area contributed by atoms with Crippen molar-refractivity contribution in [2.75, 3.05) is 12.7 Å². The molecular weight excluding hydrogens is 150 g/mol. The van der Waals surface area contributed by atoms with Crippen molar-refractivity contribution in [1.82, 2.24) is 5.32 Å². The summed E-state index contributed by atoms with van der Waals surface area (Å²) in [6, 6.07) is 0. The number of nitrogens with one attached hydrogen (secondary N) is 1. The fourth-order valence-corrected chi connectivity index (χ4v) is 1.07. The van der Waals surface area contributed by atoms with Crippen LogP contribution in [0.4, 0.5) is 0 Å². The van der Waals surface area contributed by atoms with Crippen LogP contribution in [0.15, 0.2) is 0 Å². The van der Waals surface area contributed by atoms with E-state index in [4.69, 9.17) is 14.4 Å². The highest BCUT2D eigenvalue weighted by molar-refractivity contribution is 6.56. The van der Waals surface area contributed by atoms with Crippen molar-refractivity contribution in [3.8, 4) is 0 Å². The van der Waals surface area contributed by atoms with Crippen LogP contribution in [0, 0.1) is 0 Å². The number of hydrogen-bond donors (Lipinski definition) is 4. The van der Waals surface area contributed by atoms with Gasteiger partial charge in [-0.05, 0) is 13.0 Å². The summed E-state index contributed by atoms with van der Waals surface area (Å²) in [5.74, 6) is 0. The smallest absolute Gasteiger partial charge is 0.389 e. The van der Waals surface area contributed by atoms with Crippen LogP contribution in [0.3, 0.4) is 0 Å². The maximum absolute atomic E-state index is 8.50. The molecule has 0 spiro atoms. The highest BCUT2D eigenvalue weighted by Gasteiger charge is 2.25. The molecule has 0 heterocycles. The Balaban J connectivity index is 3.04. The van der Waals surface area contributed by atoms with Crippen molar-refractivity contribution in [1.29, 1.82) is 0 Å². The zero-order valence-electron chi connectivity index (χ0n) is 6.17. The first-order valence-electron chi connectivity index (χ1n) is 3.44. The van der Waals surface area contributed by atoms with Crippen LogP contribution in [0.1, 0.15) is 19.8 Å². The van der Waals surface area contributed by atoms with Crippen molar-refractivity contribution in [3.63, 3.8) is 0 Å². The lowest BCUT2D eigenvalue weighted by atomic mass is 10.3. The van der Waals surface area contributed by atoms with Crippen LogP contribution in [0.2, 0.25) is 0 Å². The Labute approximate surface area is 61.9 Å². The van der Waals surface area contributed by atoms with Crippen molar-refractivity contribution in [2.45, 2.75) is 19.8 Å². The predicted octanol–water partition coefficient (Wildman–Crippen LogP) is -1.17. The van der Waals surface area contributed by atoms with Gasteiger partial charge in [0.15, 0.2) is 0 Å². The van der Waals surface area contributed by atoms with E-state index in [1.807, 2.05) is 6.92 Å². The van der Waals surface area contributed by atoms with Gasteiger partial charge in [0.2, 0.25) is 0 Å². The monoisotopic (exact) mass is 165 g/mol. The minimum Gasteiger partial charge on any atom is -0.389 e. The molecule has 0 aliphatic carbocycles. The van der Waals surface area contributed by atoms with Crippen LogP contribution in [0.25, 0.3) is 0 Å². The third-order valence-electron chi connectivity index (χ3n) is 1.07. The first-order chi connectivity index (χ1) is 4.56. The van der Waals surface area contributed by atoms with Gasteiger partial charge in [0.05, 0.1) is 6.17 Å². The van der Waals surface area contributed by atoms with Gasteiger partial charge in [-0.2, -0.15) is 0 Å². The predicted molar refractivity (Wildman–Crippen MR) is 40.2 cm³/mol. The molecule has 4 nitrogen and oxygen atoms in total. The van der Waals surface area contributed by atoms with Gasteiger partial charge >= 0.3 is 8.80 Å². The molecule has 0 amide bonds. The second-order valence-corrected chi connectivity index (χ2v) is 4.21. The Morgan fingerprint density at radius 3 is 2.30 bits per heavy atom. The van der Waals surface area contributed by atoms with Crippen molar-refractivity contribution in [3.05, 3.63) is 0 Å². The molecule has 0 radical (unpaired) electrons. The third kappa shape index (κ3) is 8.06. The van der Waals surface area contributed by atoms with Crippen molar-refractivity contribution in [2.24, 2.45) is 0 Å². The minimum atomic E-state index is -3.82. The van der Waals surface area contributed by atoms with Crippen molar-refractivity contribution >= 4 is 8.80 Å². The first kappa shape index (κ1) is 10.1. The van der Waals surface area contributed by atoms with Gasteiger partial charge in [0.1, 0.15) is 0 Å². The maximum Gasteiger partial charge on any atom is 0.507 e. The van der Waals surface area contributed by atoms with E-state index in [1.54, 1.807) is 0 Å². The van der Waals surface area contributed by atoms with Gasteiger partial charge in [-0.1, -0.05) is 13.3 Å². The molecule has 5 heteroatoms. The van der Waals surface area contributed by atoms with Crippen LogP contribution in [-0.2, 0) is 0 Å². The number of unbranched alkanes of at least 4 members (excludes halogenated alkanes) is 1. The Morgan fingerprint density at radius 2 is 1.90 bits per heavy atom. The molecule has 10 heavy (non-hydrogen) atoms. The minimum absolute atomic E-state index is 0.0625. The zero-order valence-corrected chi connectivity index (χ0v) is 7.17. The van der Waals surface area contributed by atoms with Gasteiger partial charge < -0.3 is 19.7 Å². The molecule has 0 rings (SSSR count). The maximum atomic E-state index is 8.50. The second kappa shape index (κ2) is 4.81. The molecule has 0 saturated carbocycles. The third-order valence-corrected chi connectivity index (χ3v) is 1.79. The van der Waals surface area contributed by atoms with Crippen LogP contribution in [-0.4, -0.2) is 35.9 Å². The van der Waals surface area contributed by atoms with Gasteiger partial charge in [0, 0.05) is 0 Å². The normalized spacial score (nSPS) is 12.0. The van der Waals surface area contributed by atoms with E-state index in [9.17, 15) is 0 Å². The van der Waals surface area contributed by atoms with Crippen LogP contribution in [0.5, 0.6) is 0 Å². The molecule has 0 bridgehead atoms. The molecule has 0 aliphatic heterocycles. The summed E-state index contributed by atoms with van der Waals surface area (Å²) in [5, 5.41) is 2.74. The lowest BCUT2D eigenvalue weighted by Crippen LogP contribution is -2.46. The second-order valence-electron chi connectivity index (χ2n) is 2.30. The van der Waals surface area contributed by atoms with E-state index in [0.717, 1.165) is 19.4 Å². The van der Waals surface area contributed by atoms with Crippen LogP contribution >= 0.6 is 0 Å². The summed E-state index contributed by atoms with van der Waals surface area (Å²) >= 11 is 0. The molecule has 0 fully saturated rings. The van der Waals surface area contributed by atoms with E-state index in [2.05, 4.69) is 5.32 Å². The summed E-state index contributed by atoms with van der Waals surface area (Å²) < 4.78 is 0. The number of hydrogen-bond acceptors (Lipinski definition) is 4. The summed E-state index contributed by atoms with van der Waals surface area (Å²) in [4.78, 5) is 25.5. The zero-order chi connectivity index (χ0) is 8.04. The quantitative estimate of drug-likeness (QED) is 0.306. The lowest BCUT2D eigenvalue weighted by molar-refractivity contribution is 0.224. The van der Waals surface area contributed by atoms with Gasteiger partial charge in [-0.25, -0.2) is 0 Å². The Hall–Kier alpha value is 0.0569. The fourth-order valence-electron chi connectivity index (χ4n) is 0.558. The van der Waals surface area contributed by atoms with Gasteiger partial charge in [-0.15, -0.1) is 0 Å². The molecule has 0 aromatic rings. The average Bonchev–Trinajstić information content (AvgIpc) is 1.78. The number of rotatable bonds is 5. The summed E-state index contributed by atoms with van der Waals surface area (Å²) in [5.41, 5.74) is 0. The highest BCUT2D eigenvalue weighted by atomic mass is 28.4. The Kier molecular flexibility index (Phi) is 4.84. The van der Waals surface area contributed by atoms with E-state index in [-0.39, 0.29) is 6.17 Å². The molecule has 4 N–H and O–H groups in total. The lowest BCUT2D eigenvalue weighted by Gasteiger charge is -2.09. The molecule has 0 saturated heterocycles. The van der Waals surface area contributed by atoms with E-state index < -0.39 is 8.80 Å². The molecule has 0 unspecified atom stereocenters. The highest BCUT2D eigenvalue weighted by Crippen LogP contribution is 1.84. The topological polar surface area (TPSA) is 72.7 Å². The van der Waals surface area contributed by atoms with Gasteiger partial charge in [0.25, 0.3) is 0 Å². The molecule has 0 aromatic carbocycles. The summed E-state index contributed by atoms with van der Waals surface area (Å²) in [7, 11) is -3.82. The Morgan fingerprint density at radius 1 is 1.30 bits per heavy atom. The molecular formula is C5H15NO3Si. The van der Waals surface area contributed by atoms with E-state index in [0.29, 0.717) is 0 Å². The molecule has 0 aliphatic rings. The van der Waals surface area contributed by atoms with Gasteiger partial charge in [-0.3, -0.25) is 0 Å². The fraction of sp³-hybridized carbons (Fsp3) is 1.00. The van der Waals surface area contributed by atoms with E-state index >= 15 is 0 Å². The standard InChI is InChI=1S/C5H15NO3Si/c1-2-3-4-6-5-10(7,8)9/h6-9H,2-5H2,1H3. The largest absolute Gasteiger partial charge is 0.507 e. The first-order valence-corrected chi connectivity index (χ1v) is 5.49. The summed E-state index contributed by atoms with van der Waals surface area (Å²) in [6.45, 7) is 2.77.